The van der Waals surface area contributed by atoms with Gasteiger partial charge in [0.2, 0.25) is 17.3 Å². The molecule has 1 spiro atoms. The molecule has 0 aromatic heterocycles. The molecule has 0 bridgehead atoms. The maximum absolute atomic E-state index is 13.1. The molecule has 2 aliphatic heterocycles. The maximum atomic E-state index is 13.1. The Morgan fingerprint density at radius 3 is 2.52 bits per heavy atom. The smallest absolute Gasteiger partial charge is 0.278 e. The van der Waals surface area contributed by atoms with Crippen LogP contribution in [0.15, 0.2) is 53.8 Å². The Balaban J connectivity index is 1.99. The second-order valence-electron chi connectivity index (χ2n) is 7.42. The van der Waals surface area contributed by atoms with E-state index in [1.54, 1.807) is 24.3 Å². The Hall–Kier alpha value is -2.85. The predicted molar refractivity (Wildman–Crippen MR) is 108 cm³/mol. The summed E-state index contributed by atoms with van der Waals surface area (Å²) in [5.74, 6) is -3.15. The molecular weight excluding hydrogens is 406 g/mol. The normalized spacial score (nSPS) is 30.1. The van der Waals surface area contributed by atoms with Gasteiger partial charge in [0.1, 0.15) is 18.0 Å². The van der Waals surface area contributed by atoms with Crippen LogP contribution < -0.4 is 5.32 Å². The first kappa shape index (κ1) is 22.8. The number of ketones is 2. The molecule has 9 heteroatoms. The highest BCUT2D eigenvalue weighted by atomic mass is 16.6. The van der Waals surface area contributed by atoms with E-state index in [-0.39, 0.29) is 16.9 Å². The number of benzene rings is 1. The number of methoxy groups -OCH3 is 1. The first-order chi connectivity index (χ1) is 14.7. The Morgan fingerprint density at radius 2 is 1.94 bits per heavy atom. The first-order valence-electron chi connectivity index (χ1n) is 9.80. The van der Waals surface area contributed by atoms with Crippen LogP contribution in [0.2, 0.25) is 0 Å². The summed E-state index contributed by atoms with van der Waals surface area (Å²) < 4.78 is 10.8. The van der Waals surface area contributed by atoms with Gasteiger partial charge >= 0.3 is 0 Å². The highest BCUT2D eigenvalue weighted by molar-refractivity contribution is 6.23. The standard InChI is InChI=1S/C22H25NO8/c1-4-5-11-14(24)15(25)16-12(2)17(26)21(31-16)19(28)22(30-3,23-20(21)29)18(27)13-9-7-6-8-10-13/h5-11,14-15,19,24-25,28H,4H2,1-3H3,(H,23,29)/t14-,15-,19-,21+,22-/m0/s1. The number of hydrogen-bond acceptors (Lipinski definition) is 8. The van der Waals surface area contributed by atoms with Crippen LogP contribution in [0.3, 0.4) is 0 Å². The number of aliphatic hydroxyl groups excluding tert-OH is 3. The van der Waals surface area contributed by atoms with Gasteiger partial charge in [-0.05, 0) is 13.3 Å². The number of hydrogen-bond donors (Lipinski definition) is 4. The third-order valence-corrected chi connectivity index (χ3v) is 5.58. The van der Waals surface area contributed by atoms with Crippen molar-refractivity contribution in [3.05, 3.63) is 59.4 Å². The fraction of sp³-hybridized carbons (Fsp3) is 0.409. The molecule has 4 N–H and O–H groups in total. The Bertz CT molecular complexity index is 956. The molecule has 1 saturated heterocycles. The van der Waals surface area contributed by atoms with Gasteiger partial charge in [-0.3, -0.25) is 14.4 Å². The molecule has 3 rings (SSSR count). The molecule has 2 aliphatic rings. The average Bonchev–Trinajstić information content (AvgIpc) is 3.18. The summed E-state index contributed by atoms with van der Waals surface area (Å²) in [4.78, 5) is 39.2. The second kappa shape index (κ2) is 8.35. The fourth-order valence-electron chi connectivity index (χ4n) is 3.81. The molecule has 31 heavy (non-hydrogen) atoms. The molecule has 9 nitrogen and oxygen atoms in total. The number of amides is 1. The fourth-order valence-corrected chi connectivity index (χ4v) is 3.81. The zero-order valence-corrected chi connectivity index (χ0v) is 17.4. The third-order valence-electron chi connectivity index (χ3n) is 5.58. The van der Waals surface area contributed by atoms with E-state index in [0.29, 0.717) is 6.42 Å². The summed E-state index contributed by atoms with van der Waals surface area (Å²) in [5, 5.41) is 34.0. The van der Waals surface area contributed by atoms with Crippen LogP contribution in [-0.4, -0.2) is 69.5 Å². The molecule has 1 fully saturated rings. The van der Waals surface area contributed by atoms with Crippen LogP contribution in [0.1, 0.15) is 30.6 Å². The molecule has 0 radical (unpaired) electrons. The van der Waals surface area contributed by atoms with E-state index >= 15 is 0 Å². The highest BCUT2D eigenvalue weighted by Crippen LogP contribution is 2.44. The molecular formula is C22H25NO8. The van der Waals surface area contributed by atoms with Gasteiger partial charge in [0.05, 0.1) is 0 Å². The minimum Gasteiger partial charge on any atom is -0.467 e. The summed E-state index contributed by atoms with van der Waals surface area (Å²) in [5.41, 5.74) is -4.83. The summed E-state index contributed by atoms with van der Waals surface area (Å²) in [6, 6.07) is 7.82. The molecule has 1 aromatic rings. The molecule has 5 atom stereocenters. The number of carbonyl (C=O) groups excluding carboxylic acids is 3. The molecule has 1 amide bonds. The van der Waals surface area contributed by atoms with Crippen molar-refractivity contribution < 1.29 is 39.2 Å². The van der Waals surface area contributed by atoms with Gasteiger partial charge in [0, 0.05) is 18.2 Å². The van der Waals surface area contributed by atoms with Crippen molar-refractivity contribution in [3.63, 3.8) is 0 Å². The zero-order chi connectivity index (χ0) is 23.0. The number of allylic oxidation sites excluding steroid dienone is 1. The van der Waals surface area contributed by atoms with Crippen molar-refractivity contribution in [3.8, 4) is 0 Å². The van der Waals surface area contributed by atoms with Crippen LogP contribution in [-0.2, 0) is 19.1 Å². The monoisotopic (exact) mass is 431 g/mol. The lowest BCUT2D eigenvalue weighted by atomic mass is 9.85. The number of Topliss-reactive ketones (excluding diaryl/α,β-unsaturated/α-hetero) is 2. The molecule has 0 saturated carbocycles. The van der Waals surface area contributed by atoms with Crippen LogP contribution in [0.4, 0.5) is 0 Å². The number of ether oxygens (including phenoxy) is 2. The van der Waals surface area contributed by atoms with E-state index in [1.165, 1.54) is 25.1 Å². The summed E-state index contributed by atoms with van der Waals surface area (Å²) in [6.07, 6.45) is -1.60. The Labute approximate surface area is 179 Å². The molecule has 166 valence electrons. The maximum Gasteiger partial charge on any atom is 0.278 e. The van der Waals surface area contributed by atoms with Crippen LogP contribution >= 0.6 is 0 Å². The molecule has 0 unspecified atom stereocenters. The molecule has 2 heterocycles. The van der Waals surface area contributed by atoms with Crippen molar-refractivity contribution in [2.24, 2.45) is 0 Å². The minimum absolute atomic E-state index is 0.135. The summed E-state index contributed by atoms with van der Waals surface area (Å²) in [7, 11) is 1.11. The lowest BCUT2D eigenvalue weighted by Crippen LogP contribution is -2.60. The summed E-state index contributed by atoms with van der Waals surface area (Å²) >= 11 is 0. The average molecular weight is 431 g/mol. The quantitative estimate of drug-likeness (QED) is 0.269. The van der Waals surface area contributed by atoms with Gasteiger partial charge in [0.25, 0.3) is 11.5 Å². The first-order valence-corrected chi connectivity index (χ1v) is 9.80. The predicted octanol–water partition coefficient (Wildman–Crippen LogP) is 0.00280. The highest BCUT2D eigenvalue weighted by Gasteiger charge is 2.74. The Morgan fingerprint density at radius 1 is 1.29 bits per heavy atom. The van der Waals surface area contributed by atoms with E-state index in [9.17, 15) is 29.7 Å². The second-order valence-corrected chi connectivity index (χ2v) is 7.42. The van der Waals surface area contributed by atoms with Crippen molar-refractivity contribution >= 4 is 17.5 Å². The van der Waals surface area contributed by atoms with Gasteiger partial charge in [-0.2, -0.15) is 0 Å². The van der Waals surface area contributed by atoms with Gasteiger partial charge in [-0.25, -0.2) is 0 Å². The SMILES string of the molecule is CCC=C[C@H](O)[C@H](O)C1=C(C)C(=O)[C@]2(O1)C(=O)N[C@](OC)(C(=O)c1ccccc1)[C@H]2O. The lowest BCUT2D eigenvalue weighted by molar-refractivity contribution is -0.163. The largest absolute Gasteiger partial charge is 0.467 e. The van der Waals surface area contributed by atoms with E-state index in [4.69, 9.17) is 9.47 Å². The minimum atomic E-state index is -2.53. The molecule has 0 aliphatic carbocycles. The van der Waals surface area contributed by atoms with E-state index in [1.807, 2.05) is 6.92 Å². The van der Waals surface area contributed by atoms with Crippen molar-refractivity contribution in [1.82, 2.24) is 5.32 Å². The van der Waals surface area contributed by atoms with Crippen molar-refractivity contribution in [1.29, 1.82) is 0 Å². The third kappa shape index (κ3) is 3.30. The van der Waals surface area contributed by atoms with Crippen molar-refractivity contribution in [2.75, 3.05) is 7.11 Å². The lowest BCUT2D eigenvalue weighted by Gasteiger charge is -2.32. The number of rotatable bonds is 7. The van der Waals surface area contributed by atoms with Gasteiger partial charge in [-0.1, -0.05) is 49.4 Å². The van der Waals surface area contributed by atoms with Gasteiger partial charge < -0.3 is 30.1 Å². The van der Waals surface area contributed by atoms with Gasteiger partial charge in [0.15, 0.2) is 6.10 Å². The summed E-state index contributed by atoms with van der Waals surface area (Å²) in [6.45, 7) is 3.13. The molecule has 1 aromatic carbocycles. The topological polar surface area (TPSA) is 142 Å². The van der Waals surface area contributed by atoms with Crippen LogP contribution in [0.5, 0.6) is 0 Å². The zero-order valence-electron chi connectivity index (χ0n) is 17.4. The van der Waals surface area contributed by atoms with Crippen molar-refractivity contribution in [2.45, 2.75) is 49.9 Å². The van der Waals surface area contributed by atoms with E-state index in [2.05, 4.69) is 5.32 Å². The Kier molecular flexibility index (Phi) is 6.15. The van der Waals surface area contributed by atoms with Crippen LogP contribution in [0, 0.1) is 0 Å². The number of carbonyl (C=O) groups is 3. The van der Waals surface area contributed by atoms with Gasteiger partial charge in [-0.15, -0.1) is 0 Å². The van der Waals surface area contributed by atoms with Crippen LogP contribution in [0.25, 0.3) is 0 Å². The number of aliphatic hydroxyl groups is 3. The van der Waals surface area contributed by atoms with E-state index < -0.39 is 47.1 Å². The number of nitrogens with one attached hydrogen (secondary N) is 1. The van der Waals surface area contributed by atoms with E-state index in [0.717, 1.165) is 7.11 Å².